The normalized spacial score (nSPS) is 16.7. The number of hydrogen-bond acceptors (Lipinski definition) is 4. The summed E-state index contributed by atoms with van der Waals surface area (Å²) in [5, 5.41) is 3.01. The molecule has 7 nitrogen and oxygen atoms in total. The standard InChI is InChI=1S/C23H27N3O4/c27-22(9-10-26-20-7-3-4-8-21(20)30-17-23(26)28)24-15-18-5-1-2-6-19(18)16-25-11-13-29-14-12-25/h1-8H,9-17H2,(H,24,27)/p+1. The number of ether oxygens (including phenoxy) is 2. The second-order valence-electron chi connectivity index (χ2n) is 7.64. The number of carbonyl (C=O) groups excluding carboxylic acids is 2. The minimum atomic E-state index is -0.125. The quantitative estimate of drug-likeness (QED) is 0.699. The Kier molecular flexibility index (Phi) is 6.61. The molecular weight excluding hydrogens is 382 g/mol. The van der Waals surface area contributed by atoms with Gasteiger partial charge in [0.1, 0.15) is 25.4 Å². The average Bonchev–Trinajstić information content (AvgIpc) is 2.78. The number of fused-ring (bicyclic) bond motifs is 1. The number of hydrogen-bond donors (Lipinski definition) is 2. The highest BCUT2D eigenvalue weighted by Crippen LogP contribution is 2.31. The Bertz CT molecular complexity index is 896. The van der Waals surface area contributed by atoms with Crippen LogP contribution in [0.2, 0.25) is 0 Å². The summed E-state index contributed by atoms with van der Waals surface area (Å²) in [6.07, 6.45) is 0.247. The Morgan fingerprint density at radius 3 is 2.60 bits per heavy atom. The van der Waals surface area contributed by atoms with Gasteiger partial charge in [-0.1, -0.05) is 36.4 Å². The lowest BCUT2D eigenvalue weighted by molar-refractivity contribution is -0.921. The van der Waals surface area contributed by atoms with Crippen LogP contribution >= 0.6 is 0 Å². The lowest BCUT2D eigenvalue weighted by atomic mass is 10.1. The maximum Gasteiger partial charge on any atom is 0.265 e. The van der Waals surface area contributed by atoms with E-state index in [2.05, 4.69) is 17.4 Å². The molecule has 2 heterocycles. The molecule has 7 heteroatoms. The molecule has 2 aromatic rings. The molecule has 158 valence electrons. The lowest BCUT2D eigenvalue weighted by Gasteiger charge is -2.29. The van der Waals surface area contributed by atoms with Gasteiger partial charge in [0.2, 0.25) is 5.91 Å². The van der Waals surface area contributed by atoms with Crippen LogP contribution in [0.4, 0.5) is 5.69 Å². The first kappa shape index (κ1) is 20.4. The van der Waals surface area contributed by atoms with Crippen molar-refractivity contribution in [3.63, 3.8) is 0 Å². The van der Waals surface area contributed by atoms with Gasteiger partial charge in [-0.3, -0.25) is 9.59 Å². The number of quaternary nitrogens is 1. The first-order valence-corrected chi connectivity index (χ1v) is 10.5. The fourth-order valence-corrected chi connectivity index (χ4v) is 3.90. The zero-order valence-electron chi connectivity index (χ0n) is 17.1. The van der Waals surface area contributed by atoms with Crippen molar-refractivity contribution in [2.24, 2.45) is 0 Å². The number of morpholine rings is 1. The molecule has 0 radical (unpaired) electrons. The van der Waals surface area contributed by atoms with E-state index in [-0.39, 0.29) is 24.8 Å². The molecule has 4 rings (SSSR count). The van der Waals surface area contributed by atoms with Gasteiger partial charge in [0.15, 0.2) is 6.61 Å². The van der Waals surface area contributed by atoms with Crippen molar-refractivity contribution in [3.8, 4) is 5.75 Å². The number of rotatable bonds is 7. The average molecular weight is 410 g/mol. The van der Waals surface area contributed by atoms with Gasteiger partial charge >= 0.3 is 0 Å². The van der Waals surface area contributed by atoms with E-state index in [4.69, 9.17) is 9.47 Å². The number of amides is 2. The maximum absolute atomic E-state index is 12.5. The second kappa shape index (κ2) is 9.73. The number of anilines is 1. The van der Waals surface area contributed by atoms with Crippen molar-refractivity contribution in [1.82, 2.24) is 5.32 Å². The van der Waals surface area contributed by atoms with Crippen molar-refractivity contribution in [3.05, 3.63) is 59.7 Å². The van der Waals surface area contributed by atoms with Gasteiger partial charge in [-0.15, -0.1) is 0 Å². The molecule has 30 heavy (non-hydrogen) atoms. The highest BCUT2D eigenvalue weighted by atomic mass is 16.5. The van der Waals surface area contributed by atoms with E-state index in [1.807, 2.05) is 36.4 Å². The molecule has 2 aliphatic heterocycles. The topological polar surface area (TPSA) is 72.3 Å². The number of benzene rings is 2. The molecule has 1 saturated heterocycles. The first-order chi connectivity index (χ1) is 14.7. The van der Waals surface area contributed by atoms with Gasteiger partial charge in [-0.25, -0.2) is 0 Å². The molecule has 0 saturated carbocycles. The summed E-state index contributed by atoms with van der Waals surface area (Å²) in [4.78, 5) is 27.9. The van der Waals surface area contributed by atoms with Crippen LogP contribution in [0.25, 0.3) is 0 Å². The van der Waals surface area contributed by atoms with Crippen molar-refractivity contribution < 1.29 is 24.0 Å². The summed E-state index contributed by atoms with van der Waals surface area (Å²) in [5.74, 6) is 0.484. The minimum absolute atomic E-state index is 0.00980. The van der Waals surface area contributed by atoms with Crippen molar-refractivity contribution >= 4 is 17.5 Å². The van der Waals surface area contributed by atoms with Gasteiger partial charge in [0, 0.05) is 25.1 Å². The summed E-state index contributed by atoms with van der Waals surface area (Å²) in [5.41, 5.74) is 3.12. The minimum Gasteiger partial charge on any atom is -0.482 e. The monoisotopic (exact) mass is 410 g/mol. The van der Waals surface area contributed by atoms with Gasteiger partial charge in [0.05, 0.1) is 18.9 Å². The van der Waals surface area contributed by atoms with Gasteiger partial charge in [-0.2, -0.15) is 0 Å². The Labute approximate surface area is 176 Å². The predicted octanol–water partition coefficient (Wildman–Crippen LogP) is 0.534. The van der Waals surface area contributed by atoms with E-state index >= 15 is 0 Å². The number of nitrogens with zero attached hydrogens (tertiary/aromatic N) is 1. The highest BCUT2D eigenvalue weighted by molar-refractivity contribution is 5.98. The van der Waals surface area contributed by atoms with Gasteiger partial charge in [-0.05, 0) is 17.7 Å². The smallest absolute Gasteiger partial charge is 0.265 e. The Morgan fingerprint density at radius 1 is 1.03 bits per heavy atom. The molecular formula is C23H28N3O4+. The van der Waals surface area contributed by atoms with Crippen molar-refractivity contribution in [2.45, 2.75) is 19.5 Å². The molecule has 0 spiro atoms. The molecule has 2 aliphatic rings. The molecule has 0 aromatic heterocycles. The van der Waals surface area contributed by atoms with Crippen LogP contribution in [0.1, 0.15) is 17.5 Å². The fraction of sp³-hybridized carbons (Fsp3) is 0.391. The Balaban J connectivity index is 1.31. The van der Waals surface area contributed by atoms with E-state index in [1.165, 1.54) is 10.5 Å². The summed E-state index contributed by atoms with van der Waals surface area (Å²) in [6.45, 7) is 5.40. The third-order valence-corrected chi connectivity index (χ3v) is 5.61. The molecule has 2 aromatic carbocycles. The second-order valence-corrected chi connectivity index (χ2v) is 7.64. The lowest BCUT2D eigenvalue weighted by Crippen LogP contribution is -3.12. The SMILES string of the molecule is O=C(CCN1C(=O)COc2ccccc21)NCc1ccccc1C[NH+]1CCOCC1. The summed E-state index contributed by atoms with van der Waals surface area (Å²) in [7, 11) is 0. The van der Waals surface area contributed by atoms with E-state index in [0.717, 1.165) is 44.1 Å². The first-order valence-electron chi connectivity index (χ1n) is 10.5. The summed E-state index contributed by atoms with van der Waals surface area (Å²) < 4.78 is 10.9. The predicted molar refractivity (Wildman–Crippen MR) is 112 cm³/mol. The Morgan fingerprint density at radius 2 is 1.77 bits per heavy atom. The van der Waals surface area contributed by atoms with Crippen molar-refractivity contribution in [1.29, 1.82) is 0 Å². The van der Waals surface area contributed by atoms with Crippen molar-refractivity contribution in [2.75, 3.05) is 44.4 Å². The van der Waals surface area contributed by atoms with Gasteiger partial charge in [0.25, 0.3) is 5.91 Å². The molecule has 0 atom stereocenters. The third-order valence-electron chi connectivity index (χ3n) is 5.61. The number of carbonyl (C=O) groups is 2. The molecule has 2 N–H and O–H groups in total. The molecule has 0 bridgehead atoms. The van der Waals surface area contributed by atoms with Crippen LogP contribution in [-0.4, -0.2) is 51.3 Å². The molecule has 0 aliphatic carbocycles. The fourth-order valence-electron chi connectivity index (χ4n) is 3.90. The summed E-state index contributed by atoms with van der Waals surface area (Å²) >= 11 is 0. The van der Waals surface area contributed by atoms with Crippen LogP contribution < -0.4 is 19.9 Å². The van der Waals surface area contributed by atoms with Crippen LogP contribution in [-0.2, 0) is 27.4 Å². The van der Waals surface area contributed by atoms with Crippen LogP contribution in [0.5, 0.6) is 5.75 Å². The van der Waals surface area contributed by atoms with E-state index < -0.39 is 0 Å². The zero-order valence-corrected chi connectivity index (χ0v) is 17.1. The molecule has 1 fully saturated rings. The van der Waals surface area contributed by atoms with Gasteiger partial charge < -0.3 is 24.6 Å². The van der Waals surface area contributed by atoms with Crippen LogP contribution in [0.15, 0.2) is 48.5 Å². The number of para-hydroxylation sites is 2. The maximum atomic E-state index is 12.5. The molecule has 0 unspecified atom stereocenters. The van der Waals surface area contributed by atoms with Crippen LogP contribution in [0.3, 0.4) is 0 Å². The van der Waals surface area contributed by atoms with E-state index in [9.17, 15) is 9.59 Å². The zero-order chi connectivity index (χ0) is 20.8. The van der Waals surface area contributed by atoms with E-state index in [0.29, 0.717) is 18.8 Å². The summed E-state index contributed by atoms with van der Waals surface area (Å²) in [6, 6.07) is 15.7. The third kappa shape index (κ3) is 4.98. The van der Waals surface area contributed by atoms with E-state index in [1.54, 1.807) is 4.90 Å². The largest absolute Gasteiger partial charge is 0.482 e. The number of nitrogens with one attached hydrogen (secondary N) is 2. The Hall–Kier alpha value is -2.90. The molecule has 2 amide bonds. The highest BCUT2D eigenvalue weighted by Gasteiger charge is 2.25. The van der Waals surface area contributed by atoms with Crippen LogP contribution in [0, 0.1) is 0 Å².